The Labute approximate surface area is 122 Å². The Hall–Kier alpha value is -1.62. The molecule has 1 aliphatic rings. The maximum absolute atomic E-state index is 12.7. The Kier molecular flexibility index (Phi) is 3.38. The molecule has 3 N–H and O–H groups in total. The number of benzene rings is 1. The number of hydrogen-bond acceptors (Lipinski definition) is 3. The van der Waals surface area contributed by atoms with E-state index in [0.717, 1.165) is 23.2 Å². The maximum Gasteiger partial charge on any atom is 0.270 e. The van der Waals surface area contributed by atoms with E-state index in [4.69, 9.17) is 5.73 Å². The van der Waals surface area contributed by atoms with Gasteiger partial charge in [-0.15, -0.1) is 0 Å². The number of nitrogens with two attached hydrogens (primary N) is 1. The van der Waals surface area contributed by atoms with Crippen LogP contribution in [0.5, 0.6) is 0 Å². The van der Waals surface area contributed by atoms with E-state index in [2.05, 4.69) is 18.8 Å². The largest absolute Gasteiger partial charge is 0.397 e. The molecule has 5 heteroatoms. The lowest BCUT2D eigenvalue weighted by molar-refractivity contribution is 0.0693. The predicted molar refractivity (Wildman–Crippen MR) is 85.1 cm³/mol. The number of H-pyrrole nitrogens is 1. The van der Waals surface area contributed by atoms with Crippen LogP contribution in [0.1, 0.15) is 24.3 Å². The fourth-order valence-electron chi connectivity index (χ4n) is 2.67. The molecule has 4 nitrogen and oxygen atoms in total. The minimum Gasteiger partial charge on any atom is -0.397 e. The molecule has 2 unspecified atom stereocenters. The van der Waals surface area contributed by atoms with Crippen LogP contribution in [0.25, 0.3) is 10.9 Å². The molecule has 20 heavy (non-hydrogen) atoms. The fraction of sp³-hybridized carbons (Fsp3) is 0.400. The molecule has 106 valence electrons. The van der Waals surface area contributed by atoms with E-state index < -0.39 is 0 Å². The standard InChI is InChI=1S/C15H19N3OS/c1-9-10(2)20-7-6-18(9)15(19)13-8-11-4-3-5-12(16)14(11)17-13/h3-5,8-10,17H,6-7,16H2,1-2H3. The molecule has 1 aliphatic heterocycles. The highest BCUT2D eigenvalue weighted by molar-refractivity contribution is 8.00. The summed E-state index contributed by atoms with van der Waals surface area (Å²) in [6.07, 6.45) is 0. The first kappa shape index (κ1) is 13.4. The van der Waals surface area contributed by atoms with Gasteiger partial charge in [-0.2, -0.15) is 11.8 Å². The van der Waals surface area contributed by atoms with Crippen LogP contribution in [0.4, 0.5) is 5.69 Å². The van der Waals surface area contributed by atoms with Gasteiger partial charge in [0.15, 0.2) is 0 Å². The van der Waals surface area contributed by atoms with Crippen LogP contribution in [-0.2, 0) is 0 Å². The van der Waals surface area contributed by atoms with Crippen molar-refractivity contribution in [1.29, 1.82) is 0 Å². The highest BCUT2D eigenvalue weighted by Crippen LogP contribution is 2.27. The molecule has 3 rings (SSSR count). The number of fused-ring (bicyclic) bond motifs is 1. The third-order valence-corrected chi connectivity index (χ3v) is 5.40. The second-order valence-electron chi connectivity index (χ2n) is 5.31. The van der Waals surface area contributed by atoms with Crippen LogP contribution < -0.4 is 5.73 Å². The van der Waals surface area contributed by atoms with Crippen LogP contribution >= 0.6 is 11.8 Å². The summed E-state index contributed by atoms with van der Waals surface area (Å²) >= 11 is 1.93. The molecule has 0 radical (unpaired) electrons. The summed E-state index contributed by atoms with van der Waals surface area (Å²) < 4.78 is 0. The maximum atomic E-state index is 12.7. The molecule has 2 atom stereocenters. The molecule has 1 fully saturated rings. The zero-order valence-corrected chi connectivity index (χ0v) is 12.5. The van der Waals surface area contributed by atoms with Gasteiger partial charge in [0.25, 0.3) is 5.91 Å². The van der Waals surface area contributed by atoms with Gasteiger partial charge in [-0.1, -0.05) is 19.1 Å². The minimum absolute atomic E-state index is 0.0697. The fourth-order valence-corrected chi connectivity index (χ4v) is 3.77. The van der Waals surface area contributed by atoms with Crippen LogP contribution in [0.15, 0.2) is 24.3 Å². The predicted octanol–water partition coefficient (Wildman–Crippen LogP) is 2.72. The molecule has 1 saturated heterocycles. The first-order chi connectivity index (χ1) is 9.58. The average Bonchev–Trinajstić information content (AvgIpc) is 2.87. The molecular weight excluding hydrogens is 270 g/mol. The number of aromatic amines is 1. The van der Waals surface area contributed by atoms with Crippen molar-refractivity contribution in [3.8, 4) is 0 Å². The van der Waals surface area contributed by atoms with Gasteiger partial charge in [-0.25, -0.2) is 0 Å². The molecule has 1 aromatic heterocycles. The van der Waals surface area contributed by atoms with Crippen molar-refractivity contribution < 1.29 is 4.79 Å². The van der Waals surface area contributed by atoms with Gasteiger partial charge >= 0.3 is 0 Å². The quantitative estimate of drug-likeness (QED) is 0.793. The lowest BCUT2D eigenvalue weighted by atomic mass is 10.2. The highest BCUT2D eigenvalue weighted by Gasteiger charge is 2.30. The van der Waals surface area contributed by atoms with Crippen molar-refractivity contribution in [3.63, 3.8) is 0 Å². The molecule has 0 aliphatic carbocycles. The van der Waals surface area contributed by atoms with Crippen molar-refractivity contribution >= 4 is 34.3 Å². The number of nitrogens with one attached hydrogen (secondary N) is 1. The number of nitrogen functional groups attached to an aromatic ring is 1. The van der Waals surface area contributed by atoms with Gasteiger partial charge in [0.1, 0.15) is 5.69 Å². The Morgan fingerprint density at radius 3 is 3.00 bits per heavy atom. The van der Waals surface area contributed by atoms with E-state index in [0.29, 0.717) is 16.6 Å². The lowest BCUT2D eigenvalue weighted by Crippen LogP contribution is -2.48. The number of rotatable bonds is 1. The summed E-state index contributed by atoms with van der Waals surface area (Å²) in [5.41, 5.74) is 8.09. The van der Waals surface area contributed by atoms with Gasteiger partial charge in [-0.05, 0) is 19.1 Å². The Morgan fingerprint density at radius 2 is 2.25 bits per heavy atom. The van der Waals surface area contributed by atoms with Crippen LogP contribution in [0.3, 0.4) is 0 Å². The van der Waals surface area contributed by atoms with Gasteiger partial charge in [0.2, 0.25) is 0 Å². The normalized spacial score (nSPS) is 23.2. The number of carbonyl (C=O) groups is 1. The second-order valence-corrected chi connectivity index (χ2v) is 6.79. The van der Waals surface area contributed by atoms with Gasteiger partial charge < -0.3 is 15.6 Å². The number of thioether (sulfide) groups is 1. The Balaban J connectivity index is 1.94. The lowest BCUT2D eigenvalue weighted by Gasteiger charge is -2.37. The van der Waals surface area contributed by atoms with E-state index >= 15 is 0 Å². The smallest absolute Gasteiger partial charge is 0.270 e. The second kappa shape index (κ2) is 5.05. The van der Waals surface area contributed by atoms with E-state index in [1.54, 1.807) is 0 Å². The molecule has 1 aromatic carbocycles. The molecule has 1 amide bonds. The highest BCUT2D eigenvalue weighted by atomic mass is 32.2. The van der Waals surface area contributed by atoms with Crippen LogP contribution in [0.2, 0.25) is 0 Å². The van der Waals surface area contributed by atoms with Crippen molar-refractivity contribution in [1.82, 2.24) is 9.88 Å². The van der Waals surface area contributed by atoms with Crippen molar-refractivity contribution in [2.24, 2.45) is 0 Å². The Morgan fingerprint density at radius 1 is 1.45 bits per heavy atom. The number of hydrogen-bond donors (Lipinski definition) is 2. The third kappa shape index (κ3) is 2.16. The van der Waals surface area contributed by atoms with Gasteiger partial charge in [-0.3, -0.25) is 4.79 Å². The average molecular weight is 289 g/mol. The van der Waals surface area contributed by atoms with Crippen molar-refractivity contribution in [2.45, 2.75) is 25.1 Å². The number of anilines is 1. The summed E-state index contributed by atoms with van der Waals surface area (Å²) in [7, 11) is 0. The molecule has 0 spiro atoms. The van der Waals surface area contributed by atoms with Crippen LogP contribution in [-0.4, -0.2) is 39.4 Å². The summed E-state index contributed by atoms with van der Waals surface area (Å²) in [6.45, 7) is 5.10. The SMILES string of the molecule is CC1SCCN(C(=O)c2cc3cccc(N)c3[nH]2)C1C. The molecule has 2 aromatic rings. The van der Waals surface area contributed by atoms with E-state index in [-0.39, 0.29) is 11.9 Å². The van der Waals surface area contributed by atoms with Crippen molar-refractivity contribution in [3.05, 3.63) is 30.0 Å². The van der Waals surface area contributed by atoms with Gasteiger partial charge in [0.05, 0.1) is 11.2 Å². The first-order valence-corrected chi connectivity index (χ1v) is 7.92. The minimum atomic E-state index is 0.0697. The number of nitrogens with zero attached hydrogens (tertiary/aromatic N) is 1. The number of amides is 1. The topological polar surface area (TPSA) is 62.1 Å². The zero-order chi connectivity index (χ0) is 14.3. The van der Waals surface area contributed by atoms with E-state index in [9.17, 15) is 4.79 Å². The van der Waals surface area contributed by atoms with E-state index in [1.165, 1.54) is 0 Å². The number of carbonyl (C=O) groups excluding carboxylic acids is 1. The van der Waals surface area contributed by atoms with Crippen molar-refractivity contribution in [2.75, 3.05) is 18.0 Å². The molecule has 0 bridgehead atoms. The number of aromatic nitrogens is 1. The Bertz CT molecular complexity index is 652. The molecular formula is C15H19N3OS. The third-order valence-electron chi connectivity index (χ3n) is 4.06. The monoisotopic (exact) mass is 289 g/mol. The van der Waals surface area contributed by atoms with E-state index in [1.807, 2.05) is 40.9 Å². The summed E-state index contributed by atoms with van der Waals surface area (Å²) in [6, 6.07) is 7.87. The zero-order valence-electron chi connectivity index (χ0n) is 11.7. The van der Waals surface area contributed by atoms with Gasteiger partial charge in [0, 0.05) is 29.0 Å². The molecule has 2 heterocycles. The van der Waals surface area contributed by atoms with Crippen LogP contribution in [0, 0.1) is 0 Å². The number of para-hydroxylation sites is 1. The summed E-state index contributed by atoms with van der Waals surface area (Å²) in [5.74, 6) is 1.07. The first-order valence-electron chi connectivity index (χ1n) is 6.87. The summed E-state index contributed by atoms with van der Waals surface area (Å²) in [5, 5.41) is 1.46. The molecule has 0 saturated carbocycles. The summed E-state index contributed by atoms with van der Waals surface area (Å²) in [4.78, 5) is 17.8.